The lowest BCUT2D eigenvalue weighted by atomic mass is 9.91. The van der Waals surface area contributed by atoms with E-state index >= 15 is 0 Å². The fraction of sp³-hybridized carbons (Fsp3) is 0. The van der Waals surface area contributed by atoms with Crippen molar-refractivity contribution in [3.8, 4) is 39.1 Å². The molecule has 1 heterocycles. The molecule has 1 aromatic heterocycles. The molecule has 0 aliphatic rings. The zero-order valence-electron chi connectivity index (χ0n) is 31.8. The monoisotopic (exact) mass is 738 g/mol. The standard InChI is InChI=1S/C56H38N2/c1-2-15-41(16-3-1)49-28-12-19-42-20-13-29-50(56(42)49)44-22-11-23-46(38-44)57(53-32-14-18-40-17-4-5-25-48(40)53)45-35-33-39(34-36-45)43-21-10-24-47(37-43)58-54-30-8-6-26-51(54)52-27-7-9-31-55(52)58/h1-38H. The number of anilines is 3. The molecule has 0 radical (unpaired) electrons. The Morgan fingerprint density at radius 3 is 1.62 bits per heavy atom. The molecule has 0 spiro atoms. The minimum atomic E-state index is 1.10. The maximum Gasteiger partial charge on any atom is 0.0541 e. The van der Waals surface area contributed by atoms with E-state index in [4.69, 9.17) is 0 Å². The normalized spacial score (nSPS) is 11.4. The Morgan fingerprint density at radius 1 is 0.310 bits per heavy atom. The molecule has 10 aromatic carbocycles. The van der Waals surface area contributed by atoms with Gasteiger partial charge in [0.25, 0.3) is 0 Å². The molecule has 0 fully saturated rings. The quantitative estimate of drug-likeness (QED) is 0.158. The third-order valence-electron chi connectivity index (χ3n) is 11.6. The Hall–Kier alpha value is -7.68. The molecule has 58 heavy (non-hydrogen) atoms. The topological polar surface area (TPSA) is 8.17 Å². The van der Waals surface area contributed by atoms with Gasteiger partial charge >= 0.3 is 0 Å². The van der Waals surface area contributed by atoms with E-state index < -0.39 is 0 Å². The third-order valence-corrected chi connectivity index (χ3v) is 11.6. The first-order valence-electron chi connectivity index (χ1n) is 19.9. The minimum Gasteiger partial charge on any atom is -0.310 e. The molecule has 11 rings (SSSR count). The van der Waals surface area contributed by atoms with Crippen LogP contribution in [0, 0.1) is 0 Å². The summed E-state index contributed by atoms with van der Waals surface area (Å²) in [7, 11) is 0. The summed E-state index contributed by atoms with van der Waals surface area (Å²) in [5, 5.41) is 7.44. The van der Waals surface area contributed by atoms with Gasteiger partial charge in [0, 0.05) is 33.2 Å². The maximum atomic E-state index is 2.41. The van der Waals surface area contributed by atoms with Crippen LogP contribution in [-0.4, -0.2) is 4.57 Å². The van der Waals surface area contributed by atoms with Gasteiger partial charge < -0.3 is 9.47 Å². The van der Waals surface area contributed by atoms with E-state index in [0.717, 1.165) is 22.7 Å². The summed E-state index contributed by atoms with van der Waals surface area (Å²) in [6, 6.07) is 83.7. The van der Waals surface area contributed by atoms with Crippen LogP contribution in [0.25, 0.3) is 82.4 Å². The molecule has 2 nitrogen and oxygen atoms in total. The number of fused-ring (bicyclic) bond motifs is 5. The molecule has 11 aromatic rings. The third kappa shape index (κ3) is 5.74. The average Bonchev–Trinajstić information content (AvgIpc) is 3.64. The lowest BCUT2D eigenvalue weighted by Gasteiger charge is -2.27. The largest absolute Gasteiger partial charge is 0.310 e. The molecule has 0 aliphatic carbocycles. The summed E-state index contributed by atoms with van der Waals surface area (Å²) in [5.41, 5.74) is 14.1. The van der Waals surface area contributed by atoms with Crippen molar-refractivity contribution >= 4 is 60.4 Å². The summed E-state index contributed by atoms with van der Waals surface area (Å²) in [4.78, 5) is 2.41. The second-order valence-electron chi connectivity index (χ2n) is 14.9. The number of rotatable bonds is 7. The van der Waals surface area contributed by atoms with Gasteiger partial charge in [0.2, 0.25) is 0 Å². The number of hydrogen-bond acceptors (Lipinski definition) is 1. The molecule has 2 heteroatoms. The van der Waals surface area contributed by atoms with Crippen LogP contribution in [0.4, 0.5) is 17.1 Å². The maximum absolute atomic E-state index is 2.41. The minimum absolute atomic E-state index is 1.10. The van der Waals surface area contributed by atoms with Crippen LogP contribution in [0.5, 0.6) is 0 Å². The van der Waals surface area contributed by atoms with Gasteiger partial charge in [0.1, 0.15) is 0 Å². The molecule has 272 valence electrons. The number of aromatic nitrogens is 1. The van der Waals surface area contributed by atoms with Crippen LogP contribution < -0.4 is 4.90 Å². The van der Waals surface area contributed by atoms with Crippen LogP contribution in [0.3, 0.4) is 0 Å². The lowest BCUT2D eigenvalue weighted by molar-refractivity contribution is 1.18. The van der Waals surface area contributed by atoms with Gasteiger partial charge in [-0.1, -0.05) is 176 Å². The van der Waals surface area contributed by atoms with E-state index in [1.54, 1.807) is 0 Å². The summed E-state index contributed by atoms with van der Waals surface area (Å²) in [6.45, 7) is 0. The second-order valence-corrected chi connectivity index (χ2v) is 14.9. The molecule has 0 unspecified atom stereocenters. The Labute approximate surface area is 338 Å². The predicted molar refractivity (Wildman–Crippen MR) is 247 cm³/mol. The molecule has 0 atom stereocenters. The van der Waals surface area contributed by atoms with Gasteiger partial charge in [-0.05, 0) is 104 Å². The van der Waals surface area contributed by atoms with E-state index in [1.807, 2.05) is 0 Å². The molecule has 0 aliphatic heterocycles. The fourth-order valence-corrected chi connectivity index (χ4v) is 8.91. The number of benzene rings is 10. The highest BCUT2D eigenvalue weighted by atomic mass is 15.1. The van der Waals surface area contributed by atoms with Gasteiger partial charge in [-0.15, -0.1) is 0 Å². The number of para-hydroxylation sites is 2. The summed E-state index contributed by atoms with van der Waals surface area (Å²) in [6.07, 6.45) is 0. The smallest absolute Gasteiger partial charge is 0.0541 e. The highest BCUT2D eigenvalue weighted by Gasteiger charge is 2.18. The first-order chi connectivity index (χ1) is 28.8. The van der Waals surface area contributed by atoms with E-state index in [-0.39, 0.29) is 0 Å². The molecule has 0 saturated heterocycles. The van der Waals surface area contributed by atoms with Crippen LogP contribution in [0.1, 0.15) is 0 Å². The number of hydrogen-bond donors (Lipinski definition) is 0. The highest BCUT2D eigenvalue weighted by molar-refractivity contribution is 6.10. The predicted octanol–water partition coefficient (Wildman–Crippen LogP) is 15.6. The zero-order valence-corrected chi connectivity index (χ0v) is 31.8. The summed E-state index contributed by atoms with van der Waals surface area (Å²) < 4.78 is 2.39. The van der Waals surface area contributed by atoms with Crippen molar-refractivity contribution in [2.75, 3.05) is 4.90 Å². The zero-order chi connectivity index (χ0) is 38.4. The molecular weight excluding hydrogens is 701 g/mol. The van der Waals surface area contributed by atoms with Crippen molar-refractivity contribution in [1.29, 1.82) is 0 Å². The fourth-order valence-electron chi connectivity index (χ4n) is 8.91. The van der Waals surface area contributed by atoms with Crippen LogP contribution in [0.15, 0.2) is 231 Å². The first-order valence-corrected chi connectivity index (χ1v) is 19.9. The van der Waals surface area contributed by atoms with E-state index in [2.05, 4.69) is 240 Å². The highest BCUT2D eigenvalue weighted by Crippen LogP contribution is 2.43. The van der Waals surface area contributed by atoms with Crippen molar-refractivity contribution < 1.29 is 0 Å². The van der Waals surface area contributed by atoms with Crippen LogP contribution in [-0.2, 0) is 0 Å². The second kappa shape index (κ2) is 14.1. The average molecular weight is 739 g/mol. The summed E-state index contributed by atoms with van der Waals surface area (Å²) in [5.74, 6) is 0. The Morgan fingerprint density at radius 2 is 0.862 bits per heavy atom. The molecule has 0 saturated carbocycles. The molecular formula is C56H38N2. The van der Waals surface area contributed by atoms with Crippen LogP contribution in [0.2, 0.25) is 0 Å². The Bertz CT molecular complexity index is 3220. The molecule has 0 bridgehead atoms. The van der Waals surface area contributed by atoms with Crippen molar-refractivity contribution in [2.45, 2.75) is 0 Å². The Kier molecular flexibility index (Phi) is 8.19. The summed E-state index contributed by atoms with van der Waals surface area (Å²) >= 11 is 0. The number of nitrogens with zero attached hydrogens (tertiary/aromatic N) is 2. The van der Waals surface area contributed by atoms with Gasteiger partial charge in [-0.25, -0.2) is 0 Å². The van der Waals surface area contributed by atoms with Gasteiger partial charge in [-0.2, -0.15) is 0 Å². The van der Waals surface area contributed by atoms with E-state index in [1.165, 1.54) is 76.7 Å². The van der Waals surface area contributed by atoms with Crippen LogP contribution >= 0.6 is 0 Å². The molecule has 0 N–H and O–H groups in total. The van der Waals surface area contributed by atoms with Crippen molar-refractivity contribution in [2.24, 2.45) is 0 Å². The van der Waals surface area contributed by atoms with Crippen molar-refractivity contribution in [1.82, 2.24) is 4.57 Å². The first kappa shape index (κ1) is 33.6. The van der Waals surface area contributed by atoms with E-state index in [0.29, 0.717) is 0 Å². The van der Waals surface area contributed by atoms with Gasteiger partial charge in [0.05, 0.1) is 16.7 Å². The van der Waals surface area contributed by atoms with Crippen molar-refractivity contribution in [3.63, 3.8) is 0 Å². The van der Waals surface area contributed by atoms with Gasteiger partial charge in [-0.3, -0.25) is 0 Å². The Balaban J connectivity index is 1.04. The SMILES string of the molecule is c1ccc(-c2cccc3cccc(-c4cccc(N(c5ccc(-c6cccc(-n7c8ccccc8c8ccccc87)c6)cc5)c5cccc6ccccc56)c4)c23)cc1. The van der Waals surface area contributed by atoms with Gasteiger partial charge in [0.15, 0.2) is 0 Å². The van der Waals surface area contributed by atoms with Crippen molar-refractivity contribution in [3.05, 3.63) is 231 Å². The lowest BCUT2D eigenvalue weighted by Crippen LogP contribution is -2.10. The molecule has 0 amide bonds. The van der Waals surface area contributed by atoms with E-state index in [9.17, 15) is 0 Å².